The third-order valence-electron chi connectivity index (χ3n) is 3.46. The van der Waals surface area contributed by atoms with Gasteiger partial charge in [0.2, 0.25) is 17.7 Å². The van der Waals surface area contributed by atoms with E-state index in [-0.39, 0.29) is 0 Å². The van der Waals surface area contributed by atoms with E-state index in [1.54, 1.807) is 0 Å². The van der Waals surface area contributed by atoms with Crippen molar-refractivity contribution < 1.29 is 24.0 Å². The first-order chi connectivity index (χ1) is 13.4. The SMILES string of the molecule is NC(=O)c1c(S)c(C(N)=O)c(C(N)=O)c(C(N)=O)c1C(N)=O.Sc1ccccc1. The van der Waals surface area contributed by atoms with Gasteiger partial charge in [0.25, 0.3) is 11.8 Å². The first-order valence-corrected chi connectivity index (χ1v) is 8.47. The van der Waals surface area contributed by atoms with E-state index in [1.807, 2.05) is 30.3 Å². The second-order valence-corrected chi connectivity index (χ2v) is 6.34. The van der Waals surface area contributed by atoms with E-state index in [9.17, 15) is 24.0 Å². The Hall–Kier alpha value is -3.51. The average molecular weight is 435 g/mol. The molecule has 0 bridgehead atoms. The van der Waals surface area contributed by atoms with Crippen LogP contribution >= 0.6 is 25.3 Å². The molecule has 10 nitrogen and oxygen atoms in total. The lowest BCUT2D eigenvalue weighted by atomic mass is 9.89. The first kappa shape index (κ1) is 23.5. The Balaban J connectivity index is 0.000000502. The maximum atomic E-state index is 11.6. The van der Waals surface area contributed by atoms with E-state index in [2.05, 4.69) is 25.3 Å². The summed E-state index contributed by atoms with van der Waals surface area (Å²) in [4.78, 5) is 58.3. The maximum absolute atomic E-state index is 11.6. The van der Waals surface area contributed by atoms with E-state index in [0.717, 1.165) is 4.90 Å². The van der Waals surface area contributed by atoms with E-state index in [1.165, 1.54) is 0 Å². The predicted octanol–water partition coefficient (Wildman–Crippen LogP) is -0.555. The van der Waals surface area contributed by atoms with E-state index in [0.29, 0.717) is 0 Å². The van der Waals surface area contributed by atoms with Gasteiger partial charge >= 0.3 is 0 Å². The number of primary amides is 5. The average Bonchev–Trinajstić information content (AvgIpc) is 2.60. The number of carbonyl (C=O) groups excluding carboxylic acids is 5. The summed E-state index contributed by atoms with van der Waals surface area (Å²) in [5.74, 6) is -6.39. The van der Waals surface area contributed by atoms with Crippen molar-refractivity contribution in [1.82, 2.24) is 0 Å². The van der Waals surface area contributed by atoms with Crippen LogP contribution in [0.25, 0.3) is 0 Å². The minimum atomic E-state index is -1.33. The van der Waals surface area contributed by atoms with Crippen LogP contribution < -0.4 is 28.7 Å². The van der Waals surface area contributed by atoms with Crippen molar-refractivity contribution in [2.75, 3.05) is 0 Å². The monoisotopic (exact) mass is 435 g/mol. The molecule has 0 aliphatic rings. The number of amides is 5. The molecular formula is C17H17N5O5S2. The molecule has 0 saturated heterocycles. The summed E-state index contributed by atoms with van der Waals surface area (Å²) in [7, 11) is 0. The molecule has 0 atom stereocenters. The van der Waals surface area contributed by atoms with Crippen molar-refractivity contribution in [3.05, 3.63) is 58.1 Å². The van der Waals surface area contributed by atoms with Gasteiger partial charge in [0.05, 0.1) is 27.8 Å². The standard InChI is InChI=1S/C11H11N5O5S.C6H6S/c12-7(17)1-2(8(13)18)4(10(15)20)6(22)5(11(16)21)3(1)9(14)19;7-6-4-2-1-3-5-6/h22H,(H2,12,17)(H2,13,18)(H2,14,19)(H2,15,20)(H2,16,21);1-5,7H. The van der Waals surface area contributed by atoms with Gasteiger partial charge in [-0.3, -0.25) is 24.0 Å². The third-order valence-corrected chi connectivity index (χ3v) is 4.21. The van der Waals surface area contributed by atoms with Crippen LogP contribution in [-0.2, 0) is 0 Å². The molecule has 152 valence electrons. The van der Waals surface area contributed by atoms with Crippen LogP contribution in [0.15, 0.2) is 40.1 Å². The summed E-state index contributed by atoms with van der Waals surface area (Å²) in [6, 6.07) is 9.79. The summed E-state index contributed by atoms with van der Waals surface area (Å²) >= 11 is 7.95. The summed E-state index contributed by atoms with van der Waals surface area (Å²) in [6.45, 7) is 0. The zero-order valence-electron chi connectivity index (χ0n) is 14.7. The fourth-order valence-corrected chi connectivity index (χ4v) is 3.00. The first-order valence-electron chi connectivity index (χ1n) is 7.57. The van der Waals surface area contributed by atoms with E-state index >= 15 is 0 Å². The Morgan fingerprint density at radius 2 is 0.793 bits per heavy atom. The molecule has 0 heterocycles. The number of benzene rings is 2. The van der Waals surface area contributed by atoms with E-state index < -0.39 is 62.2 Å². The maximum Gasteiger partial charge on any atom is 0.250 e. The fourth-order valence-electron chi connectivity index (χ4n) is 2.38. The number of hydrogen-bond donors (Lipinski definition) is 7. The van der Waals surface area contributed by atoms with Gasteiger partial charge < -0.3 is 28.7 Å². The molecular weight excluding hydrogens is 418 g/mol. The molecule has 0 aliphatic heterocycles. The Labute approximate surface area is 175 Å². The van der Waals surface area contributed by atoms with Gasteiger partial charge in [-0.25, -0.2) is 0 Å². The van der Waals surface area contributed by atoms with Gasteiger partial charge in [0, 0.05) is 9.79 Å². The molecule has 0 unspecified atom stereocenters. The molecule has 5 amide bonds. The molecule has 12 heteroatoms. The lowest BCUT2D eigenvalue weighted by Crippen LogP contribution is -2.33. The topological polar surface area (TPSA) is 215 Å². The van der Waals surface area contributed by atoms with Crippen molar-refractivity contribution in [2.24, 2.45) is 28.7 Å². The predicted molar refractivity (Wildman–Crippen MR) is 110 cm³/mol. The number of rotatable bonds is 5. The number of hydrogen-bond acceptors (Lipinski definition) is 7. The Morgan fingerprint density at radius 1 is 0.517 bits per heavy atom. The highest BCUT2D eigenvalue weighted by molar-refractivity contribution is 7.80. The molecule has 2 aromatic carbocycles. The second-order valence-electron chi connectivity index (χ2n) is 5.38. The largest absolute Gasteiger partial charge is 0.366 e. The Bertz CT molecular complexity index is 972. The summed E-state index contributed by atoms with van der Waals surface area (Å²) in [6.07, 6.45) is 0. The zero-order valence-corrected chi connectivity index (χ0v) is 16.5. The van der Waals surface area contributed by atoms with Crippen molar-refractivity contribution >= 4 is 54.8 Å². The fraction of sp³-hybridized carbons (Fsp3) is 0. The molecule has 0 fully saturated rings. The number of nitrogens with two attached hydrogens (primary N) is 5. The summed E-state index contributed by atoms with van der Waals surface area (Å²) < 4.78 is 0. The van der Waals surface area contributed by atoms with Gasteiger partial charge in [-0.1, -0.05) is 18.2 Å². The Morgan fingerprint density at radius 3 is 1.00 bits per heavy atom. The van der Waals surface area contributed by atoms with Crippen LogP contribution in [0.2, 0.25) is 0 Å². The molecule has 29 heavy (non-hydrogen) atoms. The van der Waals surface area contributed by atoms with Gasteiger partial charge in [-0.05, 0) is 12.1 Å². The van der Waals surface area contributed by atoms with Crippen LogP contribution in [0.5, 0.6) is 0 Å². The highest BCUT2D eigenvalue weighted by atomic mass is 32.1. The van der Waals surface area contributed by atoms with Crippen LogP contribution in [0, 0.1) is 0 Å². The second kappa shape index (κ2) is 9.61. The minimum Gasteiger partial charge on any atom is -0.366 e. The molecule has 0 saturated carbocycles. The number of carbonyl (C=O) groups is 5. The lowest BCUT2D eigenvalue weighted by molar-refractivity contribution is 0.0934. The zero-order chi connectivity index (χ0) is 22.5. The molecule has 0 radical (unpaired) electrons. The summed E-state index contributed by atoms with van der Waals surface area (Å²) in [5.41, 5.74) is 21.8. The van der Waals surface area contributed by atoms with Gasteiger partial charge in [0.15, 0.2) is 0 Å². The number of thiol groups is 2. The van der Waals surface area contributed by atoms with Gasteiger partial charge in [0.1, 0.15) is 0 Å². The van der Waals surface area contributed by atoms with E-state index in [4.69, 9.17) is 28.7 Å². The van der Waals surface area contributed by atoms with Gasteiger partial charge in [-0.2, -0.15) is 0 Å². The normalized spacial score (nSPS) is 9.72. The highest BCUT2D eigenvalue weighted by Gasteiger charge is 2.33. The van der Waals surface area contributed by atoms with Crippen LogP contribution in [-0.4, -0.2) is 29.5 Å². The van der Waals surface area contributed by atoms with Crippen LogP contribution in [0.3, 0.4) is 0 Å². The minimum absolute atomic E-state index is 0.507. The molecule has 2 rings (SSSR count). The third kappa shape index (κ3) is 5.27. The van der Waals surface area contributed by atoms with Crippen molar-refractivity contribution in [3.8, 4) is 0 Å². The molecule has 0 spiro atoms. The highest BCUT2D eigenvalue weighted by Crippen LogP contribution is 2.30. The van der Waals surface area contributed by atoms with Crippen LogP contribution in [0.4, 0.5) is 0 Å². The Kier molecular flexibility index (Phi) is 7.80. The molecule has 10 N–H and O–H groups in total. The molecule has 0 aliphatic carbocycles. The quantitative estimate of drug-likeness (QED) is 0.307. The van der Waals surface area contributed by atoms with Crippen molar-refractivity contribution in [2.45, 2.75) is 9.79 Å². The van der Waals surface area contributed by atoms with Crippen molar-refractivity contribution in [3.63, 3.8) is 0 Å². The smallest absolute Gasteiger partial charge is 0.250 e. The van der Waals surface area contributed by atoms with Crippen molar-refractivity contribution in [1.29, 1.82) is 0 Å². The van der Waals surface area contributed by atoms with Crippen LogP contribution in [0.1, 0.15) is 51.8 Å². The van der Waals surface area contributed by atoms with Gasteiger partial charge in [-0.15, -0.1) is 25.3 Å². The molecule has 2 aromatic rings. The lowest BCUT2D eigenvalue weighted by Gasteiger charge is -2.17. The molecule has 0 aromatic heterocycles. The summed E-state index contributed by atoms with van der Waals surface area (Å²) in [5, 5.41) is 0.